The average Bonchev–Trinajstić information content (AvgIpc) is 3.19. The van der Waals surface area contributed by atoms with E-state index in [1.807, 2.05) is 18.2 Å². The molecule has 4 heteroatoms. The van der Waals surface area contributed by atoms with Crippen LogP contribution in [0.15, 0.2) is 108 Å². The van der Waals surface area contributed by atoms with Crippen LogP contribution in [0.5, 0.6) is 11.5 Å². The molecule has 0 saturated heterocycles. The van der Waals surface area contributed by atoms with Gasteiger partial charge in [-0.05, 0) is 0 Å². The Morgan fingerprint density at radius 3 is 1.47 bits per heavy atom. The van der Waals surface area contributed by atoms with Gasteiger partial charge in [-0.1, -0.05) is 0 Å². The summed E-state index contributed by atoms with van der Waals surface area (Å²) in [5.74, 6) is 1.53. The molecular formula is C28H26BrO2P. The van der Waals surface area contributed by atoms with Crippen molar-refractivity contribution in [3.63, 3.8) is 0 Å². The molecule has 0 aliphatic carbocycles. The molecule has 0 spiro atoms. The van der Waals surface area contributed by atoms with Gasteiger partial charge in [0.05, 0.1) is 0 Å². The van der Waals surface area contributed by atoms with Gasteiger partial charge in [0, 0.05) is 0 Å². The van der Waals surface area contributed by atoms with Gasteiger partial charge >= 0.3 is 199 Å². The Kier molecular flexibility index (Phi) is 4.96. The van der Waals surface area contributed by atoms with Crippen molar-refractivity contribution in [1.82, 2.24) is 0 Å². The van der Waals surface area contributed by atoms with E-state index in [9.17, 15) is 0 Å². The number of fused-ring (bicyclic) bond motifs is 1. The molecule has 1 heterocycles. The van der Waals surface area contributed by atoms with E-state index >= 15 is 0 Å². The zero-order valence-electron chi connectivity index (χ0n) is 18.5. The molecule has 1 aliphatic heterocycles. The second-order valence-corrected chi connectivity index (χ2v) is 13.9. The number of hydrogen-bond donors (Lipinski definition) is 0. The van der Waals surface area contributed by atoms with Crippen LogP contribution in [0.25, 0.3) is 0 Å². The molecule has 2 nitrogen and oxygen atoms in total. The molecule has 0 saturated carbocycles. The van der Waals surface area contributed by atoms with Crippen LogP contribution >= 0.6 is 23.0 Å². The Morgan fingerprint density at radius 1 is 0.625 bits per heavy atom. The van der Waals surface area contributed by atoms with Crippen LogP contribution in [-0.2, 0) is 5.41 Å². The van der Waals surface area contributed by atoms with Gasteiger partial charge in [0.25, 0.3) is 0 Å². The van der Waals surface area contributed by atoms with Crippen molar-refractivity contribution in [2.75, 3.05) is 0 Å². The first kappa shape index (κ1) is 21.2. The standard InChI is InChI=1S/C28H26BrO2P/c1-28(2,3)21-19-25(29)27-26(20-21)30-32(31-27,22-13-7-4-8-14-22,23-15-9-5-10-16-23)24-17-11-6-12-18-24/h4-20H,1-3H3. The molecule has 0 fully saturated rings. The van der Waals surface area contributed by atoms with Gasteiger partial charge in [0.2, 0.25) is 0 Å². The van der Waals surface area contributed by atoms with Crippen molar-refractivity contribution in [2.45, 2.75) is 26.2 Å². The van der Waals surface area contributed by atoms with Crippen molar-refractivity contribution in [3.8, 4) is 11.5 Å². The van der Waals surface area contributed by atoms with E-state index in [1.54, 1.807) is 0 Å². The van der Waals surface area contributed by atoms with Crippen LogP contribution in [0.1, 0.15) is 26.3 Å². The van der Waals surface area contributed by atoms with Gasteiger partial charge in [0.1, 0.15) is 0 Å². The van der Waals surface area contributed by atoms with E-state index in [0.717, 1.165) is 31.9 Å². The maximum absolute atomic E-state index is 7.24. The van der Waals surface area contributed by atoms with E-state index in [4.69, 9.17) is 9.05 Å². The SMILES string of the molecule is CC(C)(C)c1cc(Br)c2c(c1)OP(c1ccccc1)(c1ccccc1)(c1ccccc1)O2. The maximum atomic E-state index is 7.24. The van der Waals surface area contributed by atoms with Gasteiger partial charge in [0.15, 0.2) is 0 Å². The van der Waals surface area contributed by atoms with Gasteiger partial charge in [-0.2, -0.15) is 0 Å². The van der Waals surface area contributed by atoms with E-state index < -0.39 is 7.06 Å². The topological polar surface area (TPSA) is 18.5 Å². The molecule has 4 aromatic rings. The molecule has 0 unspecified atom stereocenters. The van der Waals surface area contributed by atoms with E-state index in [2.05, 4.69) is 122 Å². The third-order valence-electron chi connectivity index (χ3n) is 6.09. The quantitative estimate of drug-likeness (QED) is 0.283. The van der Waals surface area contributed by atoms with Crippen LogP contribution in [-0.4, -0.2) is 0 Å². The summed E-state index contributed by atoms with van der Waals surface area (Å²) in [6, 6.07) is 35.5. The zero-order valence-corrected chi connectivity index (χ0v) is 20.9. The second kappa shape index (κ2) is 7.47. The third-order valence-corrected chi connectivity index (χ3v) is 11.5. The molecule has 5 rings (SSSR count). The van der Waals surface area contributed by atoms with Crippen LogP contribution in [0.4, 0.5) is 0 Å². The van der Waals surface area contributed by atoms with Crippen LogP contribution in [0.2, 0.25) is 0 Å². The second-order valence-electron chi connectivity index (χ2n) is 9.18. The monoisotopic (exact) mass is 504 g/mol. The molecule has 0 bridgehead atoms. The number of benzene rings is 4. The molecule has 0 radical (unpaired) electrons. The Bertz CT molecular complexity index is 1170. The third kappa shape index (κ3) is 3.03. The predicted molar refractivity (Wildman–Crippen MR) is 139 cm³/mol. The molecular weight excluding hydrogens is 479 g/mol. The van der Waals surface area contributed by atoms with Crippen LogP contribution in [0.3, 0.4) is 0 Å². The van der Waals surface area contributed by atoms with E-state index in [0.29, 0.717) is 0 Å². The minimum atomic E-state index is -3.78. The summed E-state index contributed by atoms with van der Waals surface area (Å²) in [5, 5.41) is 3.11. The van der Waals surface area contributed by atoms with Crippen LogP contribution < -0.4 is 25.0 Å². The van der Waals surface area contributed by atoms with Crippen molar-refractivity contribution in [3.05, 3.63) is 113 Å². The fourth-order valence-corrected chi connectivity index (χ4v) is 9.80. The average molecular weight is 505 g/mol. The summed E-state index contributed by atoms with van der Waals surface area (Å²) >= 11 is 3.80. The molecule has 4 aromatic carbocycles. The Labute approximate surface area is 198 Å². The first-order valence-electron chi connectivity index (χ1n) is 10.8. The van der Waals surface area contributed by atoms with Gasteiger partial charge < -0.3 is 0 Å². The first-order valence-corrected chi connectivity index (χ1v) is 13.6. The van der Waals surface area contributed by atoms with Crippen molar-refractivity contribution >= 4 is 38.9 Å². The number of hydrogen-bond acceptors (Lipinski definition) is 2. The minimum absolute atomic E-state index is 0.0216. The number of rotatable bonds is 3. The summed E-state index contributed by atoms with van der Waals surface area (Å²) in [5.41, 5.74) is 1.17. The summed E-state index contributed by atoms with van der Waals surface area (Å²) < 4.78 is 15.3. The molecule has 0 aromatic heterocycles. The zero-order chi connectivity index (χ0) is 22.4. The number of halogens is 1. The van der Waals surface area contributed by atoms with Crippen molar-refractivity contribution in [2.24, 2.45) is 0 Å². The Hall–Kier alpha value is -2.61. The molecule has 0 N–H and O–H groups in total. The Morgan fingerprint density at radius 2 is 1.06 bits per heavy atom. The van der Waals surface area contributed by atoms with Gasteiger partial charge in [-0.3, -0.25) is 0 Å². The molecule has 1 aliphatic rings. The predicted octanol–water partition coefficient (Wildman–Crippen LogP) is 6.88. The van der Waals surface area contributed by atoms with E-state index in [-0.39, 0.29) is 5.41 Å². The summed E-state index contributed by atoms with van der Waals surface area (Å²) in [6.45, 7) is 6.63. The van der Waals surface area contributed by atoms with Gasteiger partial charge in [-0.15, -0.1) is 0 Å². The molecule has 162 valence electrons. The van der Waals surface area contributed by atoms with Crippen molar-refractivity contribution in [1.29, 1.82) is 0 Å². The molecule has 0 amide bonds. The van der Waals surface area contributed by atoms with Crippen molar-refractivity contribution < 1.29 is 9.05 Å². The summed E-state index contributed by atoms with van der Waals surface area (Å²) in [7, 11) is -3.78. The van der Waals surface area contributed by atoms with Gasteiger partial charge in [-0.25, -0.2) is 0 Å². The summed E-state index contributed by atoms with van der Waals surface area (Å²) in [4.78, 5) is 0. The normalized spacial score (nSPS) is 17.3. The van der Waals surface area contributed by atoms with E-state index in [1.165, 1.54) is 5.56 Å². The fraction of sp³-hybridized carbons (Fsp3) is 0.143. The first-order chi connectivity index (χ1) is 15.3. The molecule has 0 atom stereocenters. The summed E-state index contributed by atoms with van der Waals surface area (Å²) in [6.07, 6.45) is 0. The molecule has 32 heavy (non-hydrogen) atoms. The fourth-order valence-electron chi connectivity index (χ4n) is 4.40. The van der Waals surface area contributed by atoms with Crippen LogP contribution in [0, 0.1) is 0 Å². The Balaban J connectivity index is 1.90.